The van der Waals surface area contributed by atoms with Crippen LogP contribution in [-0.4, -0.2) is 35.3 Å². The van der Waals surface area contributed by atoms with Gasteiger partial charge in [0.15, 0.2) is 0 Å². The third kappa shape index (κ3) is 2.63. The van der Waals surface area contributed by atoms with E-state index in [4.69, 9.17) is 0 Å². The zero-order valence-corrected chi connectivity index (χ0v) is 11.9. The van der Waals surface area contributed by atoms with Gasteiger partial charge in [-0.3, -0.25) is 9.59 Å². The summed E-state index contributed by atoms with van der Waals surface area (Å²) >= 11 is 0. The van der Waals surface area contributed by atoms with Crippen molar-refractivity contribution < 1.29 is 9.59 Å². The fraction of sp³-hybridized carbons (Fsp3) is 0.867. The van der Waals surface area contributed by atoms with Gasteiger partial charge < -0.3 is 10.2 Å². The molecule has 2 atom stereocenters. The van der Waals surface area contributed by atoms with Crippen molar-refractivity contribution in [3.63, 3.8) is 0 Å². The van der Waals surface area contributed by atoms with Gasteiger partial charge >= 0.3 is 0 Å². The molecule has 2 unspecified atom stereocenters. The third-order valence-electron chi connectivity index (χ3n) is 4.56. The maximum Gasteiger partial charge on any atom is 0.246 e. The Bertz CT molecular complexity index is 386. The second-order valence-corrected chi connectivity index (χ2v) is 6.82. The standard InChI is InChI=1S/C15H24N2O2/c1-9(2)7-8-17-13(11-5-6-11)14(18)16-12(15(17)19)10-3-4-10/h9-13H,3-8H2,1-2H3,(H,16,18). The lowest BCUT2D eigenvalue weighted by Gasteiger charge is -2.39. The number of nitrogens with zero attached hydrogens (tertiary/aromatic N) is 1. The molecule has 4 heteroatoms. The van der Waals surface area contributed by atoms with Crippen molar-refractivity contribution in [2.75, 3.05) is 6.54 Å². The predicted octanol–water partition coefficient (Wildman–Crippen LogP) is 1.55. The summed E-state index contributed by atoms with van der Waals surface area (Å²) in [5, 5.41) is 2.99. The molecule has 3 aliphatic rings. The lowest BCUT2D eigenvalue weighted by atomic mass is 9.99. The van der Waals surface area contributed by atoms with Gasteiger partial charge in [-0.25, -0.2) is 0 Å². The minimum atomic E-state index is -0.227. The van der Waals surface area contributed by atoms with E-state index in [9.17, 15) is 9.59 Å². The van der Waals surface area contributed by atoms with Gasteiger partial charge in [-0.05, 0) is 49.9 Å². The number of rotatable bonds is 5. The Kier molecular flexibility index (Phi) is 3.27. The van der Waals surface area contributed by atoms with E-state index in [0.29, 0.717) is 17.8 Å². The molecule has 1 heterocycles. The van der Waals surface area contributed by atoms with Crippen LogP contribution in [0.4, 0.5) is 0 Å². The lowest BCUT2D eigenvalue weighted by molar-refractivity contribution is -0.151. The van der Waals surface area contributed by atoms with Gasteiger partial charge in [0.05, 0.1) is 0 Å². The van der Waals surface area contributed by atoms with Gasteiger partial charge in [0.1, 0.15) is 12.1 Å². The molecule has 1 N–H and O–H groups in total. The average molecular weight is 264 g/mol. The van der Waals surface area contributed by atoms with Gasteiger partial charge in [0.25, 0.3) is 0 Å². The van der Waals surface area contributed by atoms with Gasteiger partial charge in [-0.2, -0.15) is 0 Å². The summed E-state index contributed by atoms with van der Waals surface area (Å²) in [7, 11) is 0. The number of hydrogen-bond donors (Lipinski definition) is 1. The largest absolute Gasteiger partial charge is 0.342 e. The van der Waals surface area contributed by atoms with Crippen LogP contribution in [0.5, 0.6) is 0 Å². The van der Waals surface area contributed by atoms with Crippen LogP contribution >= 0.6 is 0 Å². The van der Waals surface area contributed by atoms with Crippen LogP contribution in [0.3, 0.4) is 0 Å². The van der Waals surface area contributed by atoms with Crippen LogP contribution in [0, 0.1) is 17.8 Å². The molecule has 2 aliphatic carbocycles. The summed E-state index contributed by atoms with van der Waals surface area (Å²) in [6, 6.07) is -0.407. The Labute approximate surface area is 114 Å². The summed E-state index contributed by atoms with van der Waals surface area (Å²) < 4.78 is 0. The molecular formula is C15H24N2O2. The average Bonchev–Trinajstić information content (AvgIpc) is 3.21. The highest BCUT2D eigenvalue weighted by Gasteiger charge is 2.50. The fourth-order valence-corrected chi connectivity index (χ4v) is 3.03. The second-order valence-electron chi connectivity index (χ2n) is 6.82. The molecular weight excluding hydrogens is 240 g/mol. The molecule has 1 aliphatic heterocycles. The number of carbonyl (C=O) groups excluding carboxylic acids is 2. The van der Waals surface area contributed by atoms with Crippen LogP contribution in [0.25, 0.3) is 0 Å². The minimum Gasteiger partial charge on any atom is -0.342 e. The van der Waals surface area contributed by atoms with E-state index in [1.165, 1.54) is 0 Å². The van der Waals surface area contributed by atoms with Crippen molar-refractivity contribution >= 4 is 11.8 Å². The van der Waals surface area contributed by atoms with Crippen LogP contribution in [0.1, 0.15) is 46.0 Å². The number of amides is 2. The molecule has 3 fully saturated rings. The van der Waals surface area contributed by atoms with Crippen molar-refractivity contribution in [3.8, 4) is 0 Å². The highest BCUT2D eigenvalue weighted by atomic mass is 16.2. The van der Waals surface area contributed by atoms with Gasteiger partial charge in [-0.15, -0.1) is 0 Å². The van der Waals surface area contributed by atoms with E-state index in [0.717, 1.165) is 38.6 Å². The normalized spacial score (nSPS) is 31.8. The molecule has 2 amide bonds. The maximum atomic E-state index is 12.6. The van der Waals surface area contributed by atoms with E-state index in [2.05, 4.69) is 19.2 Å². The summed E-state index contributed by atoms with van der Waals surface area (Å²) in [5.41, 5.74) is 0. The van der Waals surface area contributed by atoms with E-state index < -0.39 is 0 Å². The Morgan fingerprint density at radius 2 is 1.79 bits per heavy atom. The van der Waals surface area contributed by atoms with E-state index >= 15 is 0 Å². The quantitative estimate of drug-likeness (QED) is 0.819. The highest BCUT2D eigenvalue weighted by Crippen LogP contribution is 2.40. The summed E-state index contributed by atoms with van der Waals surface area (Å²) in [6.07, 6.45) is 5.35. The van der Waals surface area contributed by atoms with Crippen LogP contribution in [-0.2, 0) is 9.59 Å². The Morgan fingerprint density at radius 3 is 2.32 bits per heavy atom. The Morgan fingerprint density at radius 1 is 1.16 bits per heavy atom. The first-order valence-electron chi connectivity index (χ1n) is 7.68. The van der Waals surface area contributed by atoms with Crippen molar-refractivity contribution in [1.82, 2.24) is 10.2 Å². The van der Waals surface area contributed by atoms with Crippen molar-refractivity contribution in [2.24, 2.45) is 17.8 Å². The SMILES string of the molecule is CC(C)CCN1C(=O)C(C2CC2)NC(=O)C1C1CC1. The minimum absolute atomic E-state index is 0.0998. The van der Waals surface area contributed by atoms with Crippen LogP contribution < -0.4 is 5.32 Å². The number of carbonyl (C=O) groups is 2. The first-order chi connectivity index (χ1) is 9.08. The molecule has 0 aromatic rings. The monoisotopic (exact) mass is 264 g/mol. The van der Waals surface area contributed by atoms with Crippen LogP contribution in [0.15, 0.2) is 0 Å². The molecule has 0 aromatic heterocycles. The van der Waals surface area contributed by atoms with Crippen molar-refractivity contribution in [2.45, 2.75) is 58.0 Å². The molecule has 0 radical (unpaired) electrons. The molecule has 4 nitrogen and oxygen atoms in total. The molecule has 106 valence electrons. The number of hydrogen-bond acceptors (Lipinski definition) is 2. The van der Waals surface area contributed by atoms with Crippen molar-refractivity contribution in [1.29, 1.82) is 0 Å². The number of piperazine rings is 1. The second kappa shape index (κ2) is 4.80. The molecule has 1 saturated heterocycles. The van der Waals surface area contributed by atoms with E-state index in [-0.39, 0.29) is 23.9 Å². The van der Waals surface area contributed by atoms with E-state index in [1.54, 1.807) is 0 Å². The zero-order valence-electron chi connectivity index (χ0n) is 11.9. The molecule has 0 bridgehead atoms. The lowest BCUT2D eigenvalue weighted by Crippen LogP contribution is -2.64. The van der Waals surface area contributed by atoms with Crippen LogP contribution in [0.2, 0.25) is 0 Å². The molecule has 19 heavy (non-hydrogen) atoms. The summed E-state index contributed by atoms with van der Waals surface area (Å²) in [5.74, 6) is 1.66. The highest BCUT2D eigenvalue weighted by molar-refractivity contribution is 5.97. The molecule has 3 rings (SSSR count). The summed E-state index contributed by atoms with van der Waals surface area (Å²) in [4.78, 5) is 26.8. The van der Waals surface area contributed by atoms with Gasteiger partial charge in [-0.1, -0.05) is 13.8 Å². The number of nitrogens with one attached hydrogen (secondary N) is 1. The Hall–Kier alpha value is -1.06. The zero-order chi connectivity index (χ0) is 13.6. The topological polar surface area (TPSA) is 49.4 Å². The fourth-order valence-electron chi connectivity index (χ4n) is 3.03. The first kappa shape index (κ1) is 12.9. The molecule has 0 spiro atoms. The predicted molar refractivity (Wildman–Crippen MR) is 72.3 cm³/mol. The van der Waals surface area contributed by atoms with Gasteiger partial charge in [0, 0.05) is 6.54 Å². The molecule has 0 aromatic carbocycles. The smallest absolute Gasteiger partial charge is 0.246 e. The molecule has 2 saturated carbocycles. The van der Waals surface area contributed by atoms with Crippen molar-refractivity contribution in [3.05, 3.63) is 0 Å². The first-order valence-corrected chi connectivity index (χ1v) is 7.68. The van der Waals surface area contributed by atoms with E-state index in [1.807, 2.05) is 4.90 Å². The third-order valence-corrected chi connectivity index (χ3v) is 4.56. The summed E-state index contributed by atoms with van der Waals surface area (Å²) in [6.45, 7) is 5.08. The van der Waals surface area contributed by atoms with Gasteiger partial charge in [0.2, 0.25) is 11.8 Å². The Balaban J connectivity index is 1.75. The maximum absolute atomic E-state index is 12.6.